The van der Waals surface area contributed by atoms with Crippen LogP contribution in [0, 0.1) is 0 Å². The second-order valence-corrected chi connectivity index (χ2v) is 7.33. The maximum absolute atomic E-state index is 11.8. The smallest absolute Gasteiger partial charge is 0.235 e. The van der Waals surface area contributed by atoms with Gasteiger partial charge in [-0.05, 0) is 31.5 Å². The summed E-state index contributed by atoms with van der Waals surface area (Å²) in [6, 6.07) is 6.63. The topological polar surface area (TPSA) is 63.2 Å². The summed E-state index contributed by atoms with van der Waals surface area (Å²) in [5.41, 5.74) is 0.456. The summed E-state index contributed by atoms with van der Waals surface area (Å²) < 4.78 is 37.4. The summed E-state index contributed by atoms with van der Waals surface area (Å²) in [4.78, 5) is 0.606. The lowest BCUT2D eigenvalue weighted by Crippen LogP contribution is -2.24. The number of benzene rings is 1. The number of hydrogen-bond donors (Lipinski definition) is 1. The van der Waals surface area contributed by atoms with Gasteiger partial charge in [0.15, 0.2) is 0 Å². The van der Waals surface area contributed by atoms with Crippen LogP contribution in [-0.4, -0.2) is 24.1 Å². The van der Waals surface area contributed by atoms with Crippen LogP contribution in [0.3, 0.4) is 0 Å². The van der Waals surface area contributed by atoms with Gasteiger partial charge >= 0.3 is 0 Å². The fourth-order valence-corrected chi connectivity index (χ4v) is 2.88. The Morgan fingerprint density at radius 2 is 2.06 bits per heavy atom. The molecule has 0 spiro atoms. The van der Waals surface area contributed by atoms with E-state index in [0.29, 0.717) is 17.0 Å². The van der Waals surface area contributed by atoms with Crippen LogP contribution in [0.1, 0.15) is 20.3 Å². The molecule has 1 N–H and O–H groups in total. The van der Waals surface area contributed by atoms with Gasteiger partial charge in [0.2, 0.25) is 10.0 Å². The zero-order valence-corrected chi connectivity index (χ0v) is 11.8. The van der Waals surface area contributed by atoms with Crippen LogP contribution < -0.4 is 4.72 Å². The molecule has 0 bridgehead atoms. The van der Waals surface area contributed by atoms with Crippen molar-refractivity contribution in [2.75, 3.05) is 11.0 Å². The summed E-state index contributed by atoms with van der Waals surface area (Å²) >= 11 is 0. The minimum atomic E-state index is -3.35. The number of sulfonamides is 1. The van der Waals surface area contributed by atoms with Crippen LogP contribution in [0.15, 0.2) is 29.2 Å². The molecular formula is C11H17NO3S2. The molecule has 1 aromatic rings. The molecule has 4 nitrogen and oxygen atoms in total. The van der Waals surface area contributed by atoms with Crippen molar-refractivity contribution in [3.63, 3.8) is 0 Å². The van der Waals surface area contributed by atoms with Gasteiger partial charge in [0.1, 0.15) is 0 Å². The van der Waals surface area contributed by atoms with Crippen molar-refractivity contribution in [3.8, 4) is 0 Å². The lowest BCUT2D eigenvalue weighted by Gasteiger charge is -2.13. The van der Waals surface area contributed by atoms with Gasteiger partial charge in [0, 0.05) is 27.6 Å². The van der Waals surface area contributed by atoms with Gasteiger partial charge in [-0.25, -0.2) is 8.42 Å². The third-order valence-electron chi connectivity index (χ3n) is 2.53. The molecule has 0 unspecified atom stereocenters. The van der Waals surface area contributed by atoms with Crippen molar-refractivity contribution in [2.45, 2.75) is 30.4 Å². The highest BCUT2D eigenvalue weighted by Crippen LogP contribution is 2.16. The lowest BCUT2D eigenvalue weighted by molar-refractivity contribution is 0.586. The molecule has 1 aromatic carbocycles. The maximum atomic E-state index is 11.8. The van der Waals surface area contributed by atoms with Gasteiger partial charge in [-0.15, -0.1) is 0 Å². The number of rotatable bonds is 5. The zero-order valence-electron chi connectivity index (χ0n) is 10.1. The van der Waals surface area contributed by atoms with Gasteiger partial charge in [-0.1, -0.05) is 13.0 Å². The Balaban J connectivity index is 2.96. The first kappa shape index (κ1) is 14.2. The molecule has 0 amide bonds. The van der Waals surface area contributed by atoms with Gasteiger partial charge in [-0.2, -0.15) is 0 Å². The Labute approximate surface area is 105 Å². The molecule has 0 saturated heterocycles. The Morgan fingerprint density at radius 1 is 1.41 bits per heavy atom. The summed E-state index contributed by atoms with van der Waals surface area (Å²) in [5.74, 6) is 0. The van der Waals surface area contributed by atoms with E-state index in [0.717, 1.165) is 0 Å². The molecule has 96 valence electrons. The fraction of sp³-hybridized carbons (Fsp3) is 0.455. The maximum Gasteiger partial charge on any atom is 0.235 e. The van der Waals surface area contributed by atoms with E-state index in [1.807, 2.05) is 6.92 Å². The molecular weight excluding hydrogens is 258 g/mol. The highest BCUT2D eigenvalue weighted by atomic mass is 32.2. The minimum Gasteiger partial charge on any atom is -0.283 e. The average molecular weight is 275 g/mol. The summed E-state index contributed by atoms with van der Waals surface area (Å²) in [6.07, 6.45) is 2.11. The monoisotopic (exact) mass is 275 g/mol. The quantitative estimate of drug-likeness (QED) is 0.893. The molecule has 0 saturated carbocycles. The van der Waals surface area contributed by atoms with E-state index in [2.05, 4.69) is 4.72 Å². The molecule has 0 fully saturated rings. The average Bonchev–Trinajstić information content (AvgIpc) is 2.27. The van der Waals surface area contributed by atoms with Gasteiger partial charge in [0.25, 0.3) is 0 Å². The normalized spacial score (nSPS) is 15.2. The van der Waals surface area contributed by atoms with Crippen molar-refractivity contribution in [3.05, 3.63) is 24.3 Å². The molecule has 0 radical (unpaired) electrons. The van der Waals surface area contributed by atoms with Crippen molar-refractivity contribution in [1.29, 1.82) is 0 Å². The highest BCUT2D eigenvalue weighted by molar-refractivity contribution is 7.93. The Bertz CT molecular complexity index is 511. The van der Waals surface area contributed by atoms with Crippen molar-refractivity contribution in [2.24, 2.45) is 0 Å². The zero-order chi connectivity index (χ0) is 13.1. The molecule has 0 aliphatic heterocycles. The Morgan fingerprint density at radius 3 is 2.59 bits per heavy atom. The van der Waals surface area contributed by atoms with Crippen LogP contribution >= 0.6 is 0 Å². The first-order valence-corrected chi connectivity index (χ1v) is 8.42. The van der Waals surface area contributed by atoms with Crippen LogP contribution in [0.25, 0.3) is 0 Å². The molecule has 6 heteroatoms. The predicted molar refractivity (Wildman–Crippen MR) is 71.1 cm³/mol. The molecule has 2 atom stereocenters. The van der Waals surface area contributed by atoms with E-state index < -0.39 is 26.1 Å². The van der Waals surface area contributed by atoms with Gasteiger partial charge < -0.3 is 0 Å². The van der Waals surface area contributed by atoms with Crippen LogP contribution in [0.4, 0.5) is 5.69 Å². The van der Waals surface area contributed by atoms with E-state index >= 15 is 0 Å². The number of hydrogen-bond acceptors (Lipinski definition) is 3. The Hall–Kier alpha value is -0.880. The molecule has 0 aliphatic rings. The van der Waals surface area contributed by atoms with E-state index in [9.17, 15) is 12.6 Å². The second kappa shape index (κ2) is 5.64. The van der Waals surface area contributed by atoms with Crippen molar-refractivity contribution in [1.82, 2.24) is 0 Å². The Kier molecular flexibility index (Phi) is 4.70. The van der Waals surface area contributed by atoms with Crippen molar-refractivity contribution < 1.29 is 12.6 Å². The summed E-state index contributed by atoms with van der Waals surface area (Å²) in [5, 5.41) is -0.446. The van der Waals surface area contributed by atoms with Crippen LogP contribution in [0.2, 0.25) is 0 Å². The third kappa shape index (κ3) is 3.81. The van der Waals surface area contributed by atoms with Crippen molar-refractivity contribution >= 4 is 26.5 Å². The van der Waals surface area contributed by atoms with Gasteiger partial charge in [0.05, 0.1) is 5.25 Å². The predicted octanol–water partition coefficient (Wildman–Crippen LogP) is 1.96. The van der Waals surface area contributed by atoms with E-state index in [4.69, 9.17) is 0 Å². The van der Waals surface area contributed by atoms with Gasteiger partial charge in [-0.3, -0.25) is 8.93 Å². The standard InChI is InChI=1S/C11H17NO3S2/c1-4-9(2)17(14,15)12-10-6-5-7-11(8-10)16(3)13/h5-9,12H,4H2,1-3H3/t9-,16-/m1/s1. The largest absolute Gasteiger partial charge is 0.283 e. The fourth-order valence-electron chi connectivity index (χ4n) is 1.22. The summed E-state index contributed by atoms with van der Waals surface area (Å²) in [7, 11) is -4.47. The minimum absolute atomic E-state index is 0.446. The third-order valence-corrected chi connectivity index (χ3v) is 5.36. The molecule has 0 aromatic heterocycles. The SMILES string of the molecule is CC[C@@H](C)S(=O)(=O)Nc1cccc([S@@](C)=O)c1. The molecule has 0 aliphatic carbocycles. The van der Waals surface area contributed by atoms with Crippen LogP contribution in [-0.2, 0) is 20.8 Å². The molecule has 17 heavy (non-hydrogen) atoms. The lowest BCUT2D eigenvalue weighted by atomic mass is 10.3. The van der Waals surface area contributed by atoms with E-state index in [1.54, 1.807) is 37.4 Å². The van der Waals surface area contributed by atoms with E-state index in [1.165, 1.54) is 0 Å². The second-order valence-electron chi connectivity index (χ2n) is 3.85. The number of nitrogens with one attached hydrogen (secondary N) is 1. The van der Waals surface area contributed by atoms with E-state index in [-0.39, 0.29) is 0 Å². The number of anilines is 1. The molecule has 0 heterocycles. The first-order chi connectivity index (χ1) is 7.86. The molecule has 1 rings (SSSR count). The summed E-state index contributed by atoms with van der Waals surface area (Å²) in [6.45, 7) is 3.48. The van der Waals surface area contributed by atoms with Crippen LogP contribution in [0.5, 0.6) is 0 Å². The first-order valence-electron chi connectivity index (χ1n) is 5.32. The highest BCUT2D eigenvalue weighted by Gasteiger charge is 2.18.